The van der Waals surface area contributed by atoms with Gasteiger partial charge in [0, 0.05) is 25.2 Å². The number of anilines is 1. The van der Waals surface area contributed by atoms with Crippen molar-refractivity contribution in [2.45, 2.75) is 37.1 Å². The van der Waals surface area contributed by atoms with E-state index in [1.807, 2.05) is 37.3 Å². The summed E-state index contributed by atoms with van der Waals surface area (Å²) in [6.45, 7) is 3.17. The van der Waals surface area contributed by atoms with Crippen molar-refractivity contribution in [2.75, 3.05) is 25.0 Å². The quantitative estimate of drug-likeness (QED) is 0.534. The zero-order chi connectivity index (χ0) is 24.4. The van der Waals surface area contributed by atoms with Gasteiger partial charge >= 0.3 is 0 Å². The summed E-state index contributed by atoms with van der Waals surface area (Å²) in [4.78, 5) is 13.4. The summed E-state index contributed by atoms with van der Waals surface area (Å²) in [5.41, 5.74) is 3.63. The molecule has 2 aliphatic rings. The molecular formula is C26H28N4O4S. The highest BCUT2D eigenvalue weighted by Crippen LogP contribution is 2.33. The van der Waals surface area contributed by atoms with Crippen LogP contribution in [0.5, 0.6) is 0 Å². The van der Waals surface area contributed by atoms with E-state index in [1.54, 1.807) is 36.6 Å². The fraction of sp³-hybridized carbons (Fsp3) is 0.308. The number of carbonyl (C=O) groups excluding carboxylic acids is 1. The Hall–Kier alpha value is -3.43. The van der Waals surface area contributed by atoms with Gasteiger partial charge < -0.3 is 9.73 Å². The molecule has 5 rings (SSSR count). The van der Waals surface area contributed by atoms with E-state index in [0.29, 0.717) is 31.0 Å². The first kappa shape index (κ1) is 23.3. The molecule has 35 heavy (non-hydrogen) atoms. The van der Waals surface area contributed by atoms with Crippen molar-refractivity contribution in [1.82, 2.24) is 9.31 Å². The van der Waals surface area contributed by atoms with Crippen molar-refractivity contribution in [3.63, 3.8) is 0 Å². The molecule has 2 aromatic carbocycles. The standard InChI is InChI=1S/C26H28N4O4S/c1-19-6-8-20(9-7-19)23-17-24(25-5-4-16-34-25)30(28-23)26(31)18-27-21-10-12-22(13-11-21)35(32,33)29-14-2-3-15-29/h4-13,16,24,27H,2-3,14-15,17-18H2,1H3/t24-/m0/s1. The molecule has 3 aromatic rings. The van der Waals surface area contributed by atoms with Crippen LogP contribution >= 0.6 is 0 Å². The monoisotopic (exact) mass is 492 g/mol. The Morgan fingerprint density at radius 2 is 1.77 bits per heavy atom. The smallest absolute Gasteiger partial charge is 0.262 e. The van der Waals surface area contributed by atoms with Gasteiger partial charge in [0.15, 0.2) is 0 Å². The molecular weight excluding hydrogens is 464 g/mol. The Bertz CT molecular complexity index is 1310. The molecule has 182 valence electrons. The fourth-order valence-electron chi connectivity index (χ4n) is 4.44. The van der Waals surface area contributed by atoms with Gasteiger partial charge in [0.05, 0.1) is 23.4 Å². The summed E-state index contributed by atoms with van der Waals surface area (Å²) >= 11 is 0. The first-order chi connectivity index (χ1) is 16.9. The van der Waals surface area contributed by atoms with E-state index in [2.05, 4.69) is 10.4 Å². The number of nitrogens with one attached hydrogen (secondary N) is 1. The fourth-order valence-corrected chi connectivity index (χ4v) is 5.96. The number of amides is 1. The Morgan fingerprint density at radius 3 is 2.43 bits per heavy atom. The Morgan fingerprint density at radius 1 is 1.06 bits per heavy atom. The van der Waals surface area contributed by atoms with Gasteiger partial charge in [-0.2, -0.15) is 9.41 Å². The molecule has 2 aliphatic heterocycles. The van der Waals surface area contributed by atoms with Gasteiger partial charge in [-0.1, -0.05) is 29.8 Å². The van der Waals surface area contributed by atoms with Crippen LogP contribution in [0.15, 0.2) is 81.3 Å². The predicted octanol–water partition coefficient (Wildman–Crippen LogP) is 4.16. The highest BCUT2D eigenvalue weighted by Gasteiger charge is 2.34. The van der Waals surface area contributed by atoms with Gasteiger partial charge in [-0.25, -0.2) is 13.4 Å². The summed E-state index contributed by atoms with van der Waals surface area (Å²) < 4.78 is 32.6. The summed E-state index contributed by atoms with van der Waals surface area (Å²) in [6, 6.07) is 17.9. The van der Waals surface area contributed by atoms with E-state index >= 15 is 0 Å². The van der Waals surface area contributed by atoms with Crippen LogP contribution in [0.3, 0.4) is 0 Å². The van der Waals surface area contributed by atoms with Gasteiger partial charge in [-0.3, -0.25) is 4.79 Å². The lowest BCUT2D eigenvalue weighted by Gasteiger charge is -2.20. The van der Waals surface area contributed by atoms with Crippen LogP contribution < -0.4 is 5.32 Å². The lowest BCUT2D eigenvalue weighted by molar-refractivity contribution is -0.131. The second kappa shape index (κ2) is 9.67. The van der Waals surface area contributed by atoms with Crippen molar-refractivity contribution >= 4 is 27.3 Å². The molecule has 0 saturated carbocycles. The maximum absolute atomic E-state index is 13.2. The van der Waals surface area contributed by atoms with E-state index in [4.69, 9.17) is 4.42 Å². The molecule has 1 aromatic heterocycles. The summed E-state index contributed by atoms with van der Waals surface area (Å²) in [7, 11) is -3.47. The zero-order valence-electron chi connectivity index (χ0n) is 19.6. The van der Waals surface area contributed by atoms with Crippen LogP contribution in [-0.2, 0) is 14.8 Å². The number of benzene rings is 2. The van der Waals surface area contributed by atoms with Crippen molar-refractivity contribution in [3.05, 3.63) is 83.8 Å². The lowest BCUT2D eigenvalue weighted by atomic mass is 10.0. The van der Waals surface area contributed by atoms with Gasteiger partial charge in [0.1, 0.15) is 11.8 Å². The van der Waals surface area contributed by atoms with E-state index in [0.717, 1.165) is 29.7 Å². The van der Waals surface area contributed by atoms with Crippen LogP contribution in [0.4, 0.5) is 5.69 Å². The molecule has 3 heterocycles. The zero-order valence-corrected chi connectivity index (χ0v) is 20.4. The predicted molar refractivity (Wildman–Crippen MR) is 134 cm³/mol. The molecule has 1 N–H and O–H groups in total. The average molecular weight is 493 g/mol. The van der Waals surface area contributed by atoms with Gasteiger partial charge in [-0.05, 0) is 61.7 Å². The number of hydrogen-bond donors (Lipinski definition) is 1. The molecule has 1 saturated heterocycles. The number of hydrazone groups is 1. The second-order valence-electron chi connectivity index (χ2n) is 8.88. The Labute approximate surface area is 205 Å². The maximum Gasteiger partial charge on any atom is 0.262 e. The number of aryl methyl sites for hydroxylation is 1. The molecule has 0 aliphatic carbocycles. The molecule has 0 radical (unpaired) electrons. The molecule has 9 heteroatoms. The van der Waals surface area contributed by atoms with Crippen molar-refractivity contribution in [1.29, 1.82) is 0 Å². The van der Waals surface area contributed by atoms with Crippen LogP contribution in [-0.4, -0.2) is 49.0 Å². The maximum atomic E-state index is 13.2. The highest BCUT2D eigenvalue weighted by atomic mass is 32.2. The molecule has 0 unspecified atom stereocenters. The van der Waals surface area contributed by atoms with E-state index in [1.165, 1.54) is 9.31 Å². The Kier molecular flexibility index (Phi) is 6.44. The first-order valence-corrected chi connectivity index (χ1v) is 13.2. The number of carbonyl (C=O) groups is 1. The number of sulfonamides is 1. The van der Waals surface area contributed by atoms with E-state index in [9.17, 15) is 13.2 Å². The normalized spacial score (nSPS) is 18.6. The topological polar surface area (TPSA) is 95.2 Å². The minimum atomic E-state index is -3.47. The van der Waals surface area contributed by atoms with Gasteiger partial charge in [-0.15, -0.1) is 0 Å². The van der Waals surface area contributed by atoms with Crippen molar-refractivity contribution < 1.29 is 17.6 Å². The van der Waals surface area contributed by atoms with Crippen molar-refractivity contribution in [3.8, 4) is 0 Å². The van der Waals surface area contributed by atoms with Gasteiger partial charge in [0.2, 0.25) is 10.0 Å². The third-order valence-electron chi connectivity index (χ3n) is 6.42. The third kappa shape index (κ3) is 4.87. The number of nitrogens with zero attached hydrogens (tertiary/aromatic N) is 3. The van der Waals surface area contributed by atoms with Crippen LogP contribution in [0.2, 0.25) is 0 Å². The minimum Gasteiger partial charge on any atom is -0.467 e. The minimum absolute atomic E-state index is 0.0140. The van der Waals surface area contributed by atoms with Crippen molar-refractivity contribution in [2.24, 2.45) is 5.10 Å². The second-order valence-corrected chi connectivity index (χ2v) is 10.8. The third-order valence-corrected chi connectivity index (χ3v) is 8.34. The number of rotatable bonds is 7. The molecule has 1 atom stereocenters. The molecule has 0 bridgehead atoms. The van der Waals surface area contributed by atoms with E-state index in [-0.39, 0.29) is 23.4 Å². The SMILES string of the molecule is Cc1ccc(C2=NN(C(=O)CNc3ccc(S(=O)(=O)N4CCCC4)cc3)[C@H](c3ccco3)C2)cc1. The van der Waals surface area contributed by atoms with Crippen LogP contribution in [0, 0.1) is 6.92 Å². The molecule has 1 fully saturated rings. The van der Waals surface area contributed by atoms with E-state index < -0.39 is 10.0 Å². The number of hydrogen-bond acceptors (Lipinski definition) is 6. The first-order valence-electron chi connectivity index (χ1n) is 11.8. The molecule has 1 amide bonds. The number of furan rings is 1. The highest BCUT2D eigenvalue weighted by molar-refractivity contribution is 7.89. The summed E-state index contributed by atoms with van der Waals surface area (Å²) in [5, 5.41) is 9.22. The summed E-state index contributed by atoms with van der Waals surface area (Å²) in [6.07, 6.45) is 3.94. The largest absolute Gasteiger partial charge is 0.467 e. The van der Waals surface area contributed by atoms with Crippen LogP contribution in [0.1, 0.15) is 42.2 Å². The lowest BCUT2D eigenvalue weighted by Crippen LogP contribution is -2.32. The summed E-state index contributed by atoms with van der Waals surface area (Å²) in [5.74, 6) is 0.475. The van der Waals surface area contributed by atoms with Crippen LogP contribution in [0.25, 0.3) is 0 Å². The molecule has 8 nitrogen and oxygen atoms in total. The molecule has 0 spiro atoms. The average Bonchev–Trinajstić information content (AvgIpc) is 3.64. The Balaban J connectivity index is 1.29. The van der Waals surface area contributed by atoms with Gasteiger partial charge in [0.25, 0.3) is 5.91 Å².